The first kappa shape index (κ1) is 21.4. The predicted octanol–water partition coefficient (Wildman–Crippen LogP) is 2.76. The normalized spacial score (nSPS) is 17.8. The minimum atomic E-state index is -0.333. The van der Waals surface area contributed by atoms with Crippen LogP contribution in [0.15, 0.2) is 42.0 Å². The first-order chi connectivity index (χ1) is 16.0. The van der Waals surface area contributed by atoms with Crippen molar-refractivity contribution in [3.05, 3.63) is 58.9 Å². The van der Waals surface area contributed by atoms with Crippen LogP contribution in [0.3, 0.4) is 0 Å². The van der Waals surface area contributed by atoms with E-state index in [-0.39, 0.29) is 17.5 Å². The van der Waals surface area contributed by atoms with E-state index in [9.17, 15) is 9.59 Å². The molecular formula is C23H24N6O3S. The number of methoxy groups -OCH3 is 1. The van der Waals surface area contributed by atoms with Gasteiger partial charge in [-0.2, -0.15) is 0 Å². The summed E-state index contributed by atoms with van der Waals surface area (Å²) in [5, 5.41) is 8.53. The summed E-state index contributed by atoms with van der Waals surface area (Å²) in [6.07, 6.45) is 3.38. The monoisotopic (exact) mass is 464 g/mol. The first-order valence-electron chi connectivity index (χ1n) is 10.7. The van der Waals surface area contributed by atoms with Crippen LogP contribution in [0.2, 0.25) is 0 Å². The number of nitrogens with zero attached hydrogens (tertiary/aromatic N) is 4. The zero-order chi connectivity index (χ0) is 22.9. The van der Waals surface area contributed by atoms with Gasteiger partial charge >= 0.3 is 0 Å². The number of fused-ring (bicyclic) bond motifs is 1. The molecule has 2 amide bonds. The van der Waals surface area contributed by atoms with E-state index in [4.69, 9.17) is 4.74 Å². The van der Waals surface area contributed by atoms with Crippen molar-refractivity contribution in [2.75, 3.05) is 41.9 Å². The lowest BCUT2D eigenvalue weighted by atomic mass is 10.1. The highest BCUT2D eigenvalue weighted by Crippen LogP contribution is 2.33. The van der Waals surface area contributed by atoms with Crippen LogP contribution < -0.4 is 25.2 Å². The zero-order valence-electron chi connectivity index (χ0n) is 18.4. The maximum atomic E-state index is 13.0. The summed E-state index contributed by atoms with van der Waals surface area (Å²) in [7, 11) is 1.57. The van der Waals surface area contributed by atoms with Crippen molar-refractivity contribution < 1.29 is 14.3 Å². The number of benzene rings is 1. The van der Waals surface area contributed by atoms with Gasteiger partial charge in [-0.15, -0.1) is 11.3 Å². The van der Waals surface area contributed by atoms with Crippen LogP contribution in [0.4, 0.5) is 16.5 Å². The number of anilines is 3. The van der Waals surface area contributed by atoms with Gasteiger partial charge in [0.25, 0.3) is 11.8 Å². The number of aromatic nitrogens is 2. The van der Waals surface area contributed by atoms with Crippen molar-refractivity contribution in [3.8, 4) is 5.75 Å². The Balaban J connectivity index is 1.32. The van der Waals surface area contributed by atoms with Crippen LogP contribution in [0.5, 0.6) is 5.75 Å². The number of ether oxygens (including phenoxy) is 1. The van der Waals surface area contributed by atoms with Gasteiger partial charge in [0.15, 0.2) is 5.13 Å². The maximum absolute atomic E-state index is 13.0. The Kier molecular flexibility index (Phi) is 5.69. The van der Waals surface area contributed by atoms with Gasteiger partial charge in [-0.25, -0.2) is 4.98 Å². The Hall–Kier alpha value is -3.50. The van der Waals surface area contributed by atoms with Gasteiger partial charge in [0.2, 0.25) is 0 Å². The second-order valence-electron chi connectivity index (χ2n) is 8.08. The van der Waals surface area contributed by atoms with E-state index in [1.807, 2.05) is 18.2 Å². The number of nitrogens with one attached hydrogen (secondary N) is 2. The molecule has 1 atom stereocenters. The number of carbonyl (C=O) groups excluding carboxylic acids is 2. The fourth-order valence-corrected chi connectivity index (χ4v) is 4.95. The third kappa shape index (κ3) is 4.14. The van der Waals surface area contributed by atoms with Crippen molar-refractivity contribution in [1.29, 1.82) is 0 Å². The number of piperazine rings is 1. The van der Waals surface area contributed by atoms with E-state index < -0.39 is 0 Å². The molecule has 4 heterocycles. The van der Waals surface area contributed by atoms with E-state index in [0.29, 0.717) is 34.7 Å². The van der Waals surface area contributed by atoms with Crippen molar-refractivity contribution in [3.63, 3.8) is 0 Å². The average Bonchev–Trinajstić information content (AvgIpc) is 3.44. The number of thiazole rings is 1. The Morgan fingerprint density at radius 1 is 1.33 bits per heavy atom. The van der Waals surface area contributed by atoms with Crippen LogP contribution in [-0.4, -0.2) is 54.6 Å². The van der Waals surface area contributed by atoms with Crippen LogP contribution in [0.25, 0.3) is 0 Å². The van der Waals surface area contributed by atoms with Gasteiger partial charge in [-0.05, 0) is 30.7 Å². The fraction of sp³-hybridized carbons (Fsp3) is 0.304. The van der Waals surface area contributed by atoms with E-state index >= 15 is 0 Å². The van der Waals surface area contributed by atoms with Gasteiger partial charge in [0, 0.05) is 42.8 Å². The predicted molar refractivity (Wildman–Crippen MR) is 127 cm³/mol. The number of pyridine rings is 1. The van der Waals surface area contributed by atoms with Crippen LogP contribution in [0.1, 0.15) is 33.3 Å². The molecule has 0 saturated carbocycles. The molecule has 1 aromatic carbocycles. The molecular weight excluding hydrogens is 440 g/mol. The summed E-state index contributed by atoms with van der Waals surface area (Å²) in [4.78, 5) is 38.3. The third-order valence-electron chi connectivity index (χ3n) is 5.83. The second kappa shape index (κ2) is 8.80. The smallest absolute Gasteiger partial charge is 0.275 e. The van der Waals surface area contributed by atoms with Crippen molar-refractivity contribution in [1.82, 2.24) is 15.3 Å². The molecule has 2 aliphatic rings. The second-order valence-corrected chi connectivity index (χ2v) is 8.91. The number of hydrogen-bond acceptors (Lipinski definition) is 8. The third-order valence-corrected chi connectivity index (χ3v) is 6.70. The Labute approximate surface area is 195 Å². The van der Waals surface area contributed by atoms with Gasteiger partial charge < -0.3 is 20.3 Å². The summed E-state index contributed by atoms with van der Waals surface area (Å²) in [6, 6.07) is 7.72. The van der Waals surface area contributed by atoms with E-state index in [2.05, 4.69) is 32.4 Å². The van der Waals surface area contributed by atoms with Gasteiger partial charge in [-0.3, -0.25) is 19.5 Å². The van der Waals surface area contributed by atoms with Crippen molar-refractivity contribution in [2.24, 2.45) is 0 Å². The van der Waals surface area contributed by atoms with E-state index in [0.717, 1.165) is 30.9 Å². The molecule has 2 aliphatic heterocycles. The topological polar surface area (TPSA) is 99.7 Å². The van der Waals surface area contributed by atoms with Crippen LogP contribution >= 0.6 is 11.3 Å². The highest BCUT2D eigenvalue weighted by Gasteiger charge is 2.31. The molecule has 3 aromatic rings. The minimum absolute atomic E-state index is 0.146. The van der Waals surface area contributed by atoms with E-state index in [1.54, 1.807) is 35.8 Å². The fourth-order valence-electron chi connectivity index (χ4n) is 4.15. The van der Waals surface area contributed by atoms with E-state index in [1.165, 1.54) is 11.3 Å². The summed E-state index contributed by atoms with van der Waals surface area (Å²) >= 11 is 1.27. The maximum Gasteiger partial charge on any atom is 0.275 e. The molecule has 1 fully saturated rings. The minimum Gasteiger partial charge on any atom is -0.497 e. The SMILES string of the molecule is COc1ccc2c(c1)C(=O)N(c1nc(C(=O)Nc3cnccc3N3CCN[C@H](C)C3)cs1)C2. The molecule has 33 heavy (non-hydrogen) atoms. The standard InChI is InChI=1S/C23H24N6O3S/c1-14-11-28(8-7-25-14)20-5-6-24-10-18(20)26-21(30)19-13-33-23(27-19)29-12-15-3-4-16(32-2)9-17(15)22(29)31/h3-6,9-10,13-14,25H,7-8,11-12H2,1-2H3,(H,26,30)/t14-/m1/s1. The summed E-state index contributed by atoms with van der Waals surface area (Å²) in [5.41, 5.74) is 3.34. The first-order valence-corrected chi connectivity index (χ1v) is 11.6. The van der Waals surface area contributed by atoms with Gasteiger partial charge in [0.1, 0.15) is 11.4 Å². The summed E-state index contributed by atoms with van der Waals surface area (Å²) < 4.78 is 5.23. The highest BCUT2D eigenvalue weighted by molar-refractivity contribution is 7.14. The molecule has 0 radical (unpaired) electrons. The van der Waals surface area contributed by atoms with Crippen LogP contribution in [0, 0.1) is 0 Å². The number of hydrogen-bond donors (Lipinski definition) is 2. The Morgan fingerprint density at radius 3 is 3.03 bits per heavy atom. The molecule has 1 saturated heterocycles. The quantitative estimate of drug-likeness (QED) is 0.599. The summed E-state index contributed by atoms with van der Waals surface area (Å²) in [6.45, 7) is 5.12. The van der Waals surface area contributed by atoms with Crippen LogP contribution in [-0.2, 0) is 6.54 Å². The highest BCUT2D eigenvalue weighted by atomic mass is 32.1. The molecule has 0 unspecified atom stereocenters. The molecule has 10 heteroatoms. The molecule has 2 aromatic heterocycles. The molecule has 5 rings (SSSR count). The lowest BCUT2D eigenvalue weighted by Gasteiger charge is -2.34. The largest absolute Gasteiger partial charge is 0.497 e. The molecule has 0 bridgehead atoms. The molecule has 9 nitrogen and oxygen atoms in total. The molecule has 0 spiro atoms. The number of amides is 2. The summed E-state index contributed by atoms with van der Waals surface area (Å²) in [5.74, 6) is 0.155. The Morgan fingerprint density at radius 2 is 2.21 bits per heavy atom. The molecule has 170 valence electrons. The van der Waals surface area contributed by atoms with Gasteiger partial charge in [-0.1, -0.05) is 6.07 Å². The lowest BCUT2D eigenvalue weighted by molar-refractivity contribution is 0.0991. The molecule has 2 N–H and O–H groups in total. The van der Waals surface area contributed by atoms with Crippen molar-refractivity contribution >= 4 is 39.7 Å². The average molecular weight is 465 g/mol. The van der Waals surface area contributed by atoms with Gasteiger partial charge in [0.05, 0.1) is 31.2 Å². The molecule has 0 aliphatic carbocycles. The number of carbonyl (C=O) groups is 2. The Bertz CT molecular complexity index is 1210. The zero-order valence-corrected chi connectivity index (χ0v) is 19.2. The lowest BCUT2D eigenvalue weighted by Crippen LogP contribution is -2.49. The van der Waals surface area contributed by atoms with Crippen molar-refractivity contribution in [2.45, 2.75) is 19.5 Å². The number of rotatable bonds is 5.